The fourth-order valence-corrected chi connectivity index (χ4v) is 2.79. The molecule has 0 spiro atoms. The van der Waals surface area contributed by atoms with Gasteiger partial charge in [-0.15, -0.1) is 0 Å². The fraction of sp³-hybridized carbons (Fsp3) is 0.882. The first-order chi connectivity index (χ1) is 11.3. The van der Waals surface area contributed by atoms with Crippen molar-refractivity contribution in [3.63, 3.8) is 0 Å². The van der Waals surface area contributed by atoms with Crippen LogP contribution in [-0.4, -0.2) is 55.2 Å². The van der Waals surface area contributed by atoms with Crippen LogP contribution in [0.2, 0.25) is 0 Å². The molecule has 0 unspecified atom stereocenters. The highest BCUT2D eigenvalue weighted by molar-refractivity contribution is 5.81. The van der Waals surface area contributed by atoms with E-state index < -0.39 is 18.1 Å². The molecule has 0 radical (unpaired) electrons. The largest absolute Gasteiger partial charge is 0.465 e. The van der Waals surface area contributed by atoms with E-state index in [1.54, 1.807) is 0 Å². The lowest BCUT2D eigenvalue weighted by Gasteiger charge is -2.31. The third-order valence-electron chi connectivity index (χ3n) is 4.14. The lowest BCUT2D eigenvalue weighted by molar-refractivity contribution is -0.155. The second-order valence-electron chi connectivity index (χ2n) is 6.73. The van der Waals surface area contributed by atoms with Gasteiger partial charge >= 0.3 is 12.1 Å². The number of hydrogen-bond donors (Lipinski definition) is 2. The normalized spacial score (nSPS) is 28.6. The number of cyclic esters (lactones) is 1. The van der Waals surface area contributed by atoms with Crippen LogP contribution in [0.1, 0.15) is 47.0 Å². The summed E-state index contributed by atoms with van der Waals surface area (Å²) >= 11 is 0. The van der Waals surface area contributed by atoms with Crippen molar-refractivity contribution in [2.75, 3.05) is 19.8 Å². The van der Waals surface area contributed by atoms with E-state index >= 15 is 0 Å². The Morgan fingerprint density at radius 1 is 1.42 bits per heavy atom. The summed E-state index contributed by atoms with van der Waals surface area (Å²) < 4.78 is 17.0. The van der Waals surface area contributed by atoms with Crippen LogP contribution in [0.4, 0.5) is 4.79 Å². The molecule has 0 saturated carbocycles. The SMILES string of the molecule is CCCO[C@H]1COC[C@H](NC(=O)O)C(=O)O[C@@H](C)[C@@H]1CCC(C)C. The van der Waals surface area contributed by atoms with Crippen LogP contribution in [0.25, 0.3) is 0 Å². The molecule has 0 aromatic rings. The minimum Gasteiger partial charge on any atom is -0.465 e. The van der Waals surface area contributed by atoms with Gasteiger partial charge < -0.3 is 24.6 Å². The number of carbonyl (C=O) groups excluding carboxylic acids is 1. The Morgan fingerprint density at radius 3 is 2.71 bits per heavy atom. The van der Waals surface area contributed by atoms with Crippen molar-refractivity contribution in [3.05, 3.63) is 0 Å². The Morgan fingerprint density at radius 2 is 2.12 bits per heavy atom. The summed E-state index contributed by atoms with van der Waals surface area (Å²) in [7, 11) is 0. The van der Waals surface area contributed by atoms with Gasteiger partial charge in [-0.2, -0.15) is 0 Å². The Kier molecular flexibility index (Phi) is 9.07. The summed E-state index contributed by atoms with van der Waals surface area (Å²) in [5.74, 6) is -0.0447. The van der Waals surface area contributed by atoms with Gasteiger partial charge in [0, 0.05) is 12.5 Å². The Hall–Kier alpha value is -1.34. The third kappa shape index (κ3) is 7.05. The van der Waals surface area contributed by atoms with E-state index in [2.05, 4.69) is 19.2 Å². The van der Waals surface area contributed by atoms with Crippen LogP contribution in [0.3, 0.4) is 0 Å². The van der Waals surface area contributed by atoms with E-state index in [0.717, 1.165) is 19.3 Å². The maximum atomic E-state index is 12.2. The Bertz CT molecular complexity index is 401. The number of esters is 1. The maximum absolute atomic E-state index is 12.2. The van der Waals surface area contributed by atoms with Crippen LogP contribution >= 0.6 is 0 Å². The molecule has 1 heterocycles. The molecule has 1 amide bonds. The zero-order chi connectivity index (χ0) is 18.1. The van der Waals surface area contributed by atoms with Crippen molar-refractivity contribution < 1.29 is 28.9 Å². The molecule has 1 fully saturated rings. The monoisotopic (exact) mass is 345 g/mol. The number of carbonyl (C=O) groups is 2. The van der Waals surface area contributed by atoms with E-state index in [0.29, 0.717) is 19.1 Å². The minimum absolute atomic E-state index is 0.0199. The molecular formula is C17H31NO6. The molecule has 24 heavy (non-hydrogen) atoms. The van der Waals surface area contributed by atoms with Gasteiger partial charge in [-0.1, -0.05) is 27.2 Å². The van der Waals surface area contributed by atoms with Crippen molar-refractivity contribution in [2.45, 2.75) is 65.2 Å². The number of nitrogens with one attached hydrogen (secondary N) is 1. The Balaban J connectivity index is 2.86. The van der Waals surface area contributed by atoms with Crippen LogP contribution in [0.5, 0.6) is 0 Å². The topological polar surface area (TPSA) is 94.1 Å². The summed E-state index contributed by atoms with van der Waals surface area (Å²) in [4.78, 5) is 23.0. The summed E-state index contributed by atoms with van der Waals surface area (Å²) in [6, 6.07) is -1.01. The lowest BCUT2D eigenvalue weighted by atomic mass is 9.89. The second-order valence-corrected chi connectivity index (χ2v) is 6.73. The minimum atomic E-state index is -1.28. The quantitative estimate of drug-likeness (QED) is 0.688. The molecule has 0 aromatic heterocycles. The number of carboxylic acid groups (broad SMARTS) is 1. The van der Waals surface area contributed by atoms with Crippen LogP contribution in [0, 0.1) is 11.8 Å². The molecule has 0 aliphatic carbocycles. The van der Waals surface area contributed by atoms with Crippen LogP contribution in [0.15, 0.2) is 0 Å². The summed E-state index contributed by atoms with van der Waals surface area (Å²) in [6.07, 6.45) is 0.941. The number of hydrogen-bond acceptors (Lipinski definition) is 5. The summed E-state index contributed by atoms with van der Waals surface area (Å²) in [6.45, 7) is 9.06. The number of amides is 1. The smallest absolute Gasteiger partial charge is 0.405 e. The van der Waals surface area contributed by atoms with E-state index in [1.165, 1.54) is 0 Å². The van der Waals surface area contributed by atoms with Crippen molar-refractivity contribution in [1.82, 2.24) is 5.32 Å². The maximum Gasteiger partial charge on any atom is 0.405 e. The standard InChI is InChI=1S/C17H31NO6/c1-5-8-23-15-10-22-9-14(18-17(20)21)16(19)24-12(4)13(15)7-6-11(2)3/h11-15,18H,5-10H2,1-4H3,(H,20,21)/t12-,13-,14-,15-/m0/s1. The predicted molar refractivity (Wildman–Crippen MR) is 88.9 cm³/mol. The molecule has 1 rings (SSSR count). The van der Waals surface area contributed by atoms with E-state index in [1.807, 2.05) is 13.8 Å². The molecule has 2 N–H and O–H groups in total. The molecule has 4 atom stereocenters. The zero-order valence-corrected chi connectivity index (χ0v) is 15.1. The first kappa shape index (κ1) is 20.7. The highest BCUT2D eigenvalue weighted by atomic mass is 16.6. The molecule has 0 bridgehead atoms. The summed E-state index contributed by atoms with van der Waals surface area (Å²) in [5, 5.41) is 11.0. The first-order valence-electron chi connectivity index (χ1n) is 8.74. The molecule has 7 nitrogen and oxygen atoms in total. The molecule has 1 saturated heterocycles. The molecule has 0 aromatic carbocycles. The van der Waals surface area contributed by atoms with E-state index in [4.69, 9.17) is 19.3 Å². The summed E-state index contributed by atoms with van der Waals surface area (Å²) in [5.41, 5.74) is 0. The zero-order valence-electron chi connectivity index (χ0n) is 15.1. The number of rotatable bonds is 7. The van der Waals surface area contributed by atoms with Crippen LogP contribution in [-0.2, 0) is 19.0 Å². The molecule has 7 heteroatoms. The van der Waals surface area contributed by atoms with Gasteiger partial charge in [-0.3, -0.25) is 0 Å². The van der Waals surface area contributed by atoms with E-state index in [-0.39, 0.29) is 24.7 Å². The van der Waals surface area contributed by atoms with Gasteiger partial charge in [0.25, 0.3) is 0 Å². The first-order valence-corrected chi connectivity index (χ1v) is 8.74. The molecular weight excluding hydrogens is 314 g/mol. The van der Waals surface area contributed by atoms with Gasteiger partial charge in [-0.25, -0.2) is 9.59 Å². The Labute approximate surface area is 144 Å². The second kappa shape index (κ2) is 10.5. The average Bonchev–Trinajstić information content (AvgIpc) is 2.53. The predicted octanol–water partition coefficient (Wildman–Crippen LogP) is 2.43. The van der Waals surface area contributed by atoms with Crippen molar-refractivity contribution in [2.24, 2.45) is 11.8 Å². The third-order valence-corrected chi connectivity index (χ3v) is 4.14. The van der Waals surface area contributed by atoms with Crippen molar-refractivity contribution in [1.29, 1.82) is 0 Å². The van der Waals surface area contributed by atoms with Gasteiger partial charge in [0.1, 0.15) is 6.10 Å². The molecule has 1 aliphatic heterocycles. The molecule has 1 aliphatic rings. The van der Waals surface area contributed by atoms with Crippen molar-refractivity contribution in [3.8, 4) is 0 Å². The number of ether oxygens (including phenoxy) is 3. The van der Waals surface area contributed by atoms with Gasteiger partial charge in [0.05, 0.1) is 19.3 Å². The van der Waals surface area contributed by atoms with Gasteiger partial charge in [0.2, 0.25) is 0 Å². The average molecular weight is 345 g/mol. The highest BCUT2D eigenvalue weighted by Crippen LogP contribution is 2.25. The van der Waals surface area contributed by atoms with Crippen molar-refractivity contribution >= 4 is 12.1 Å². The highest BCUT2D eigenvalue weighted by Gasteiger charge is 2.35. The van der Waals surface area contributed by atoms with Crippen LogP contribution < -0.4 is 5.32 Å². The lowest BCUT2D eigenvalue weighted by Crippen LogP contribution is -2.45. The van der Waals surface area contributed by atoms with Gasteiger partial charge in [0.15, 0.2) is 6.04 Å². The molecule has 140 valence electrons. The van der Waals surface area contributed by atoms with Gasteiger partial charge in [-0.05, 0) is 25.7 Å². The fourth-order valence-electron chi connectivity index (χ4n) is 2.79. The van der Waals surface area contributed by atoms with E-state index in [9.17, 15) is 9.59 Å².